The topological polar surface area (TPSA) is 12.0 Å². The molecule has 0 fully saturated rings. The molecule has 0 aliphatic rings. The van der Waals surface area contributed by atoms with Crippen LogP contribution in [0, 0.1) is 0 Å². The molecule has 0 unspecified atom stereocenters. The Kier molecular flexibility index (Phi) is 7.29. The molecule has 0 heterocycles. The molecule has 0 aliphatic heterocycles. The van der Waals surface area contributed by atoms with Gasteiger partial charge in [-0.1, -0.05) is 76.8 Å². The molecule has 0 atom stereocenters. The van der Waals surface area contributed by atoms with E-state index in [9.17, 15) is 0 Å². The normalized spacial score (nSPS) is 11.7. The van der Waals surface area contributed by atoms with Crippen LogP contribution in [-0.2, 0) is 0 Å². The average Bonchev–Trinajstić information content (AvgIpc) is 2.43. The van der Waals surface area contributed by atoms with Crippen molar-refractivity contribution in [1.29, 1.82) is 0 Å². The molecule has 18 heavy (non-hydrogen) atoms. The molecular formula is C16H29NSi. The zero-order chi connectivity index (χ0) is 13.3. The first-order valence-corrected chi connectivity index (χ1v) is 10.0. The predicted molar refractivity (Wildman–Crippen MR) is 84.9 cm³/mol. The fraction of sp³-hybridized carbons (Fsp3) is 0.625. The molecule has 0 aromatic heterocycles. The number of hydrogen-bond acceptors (Lipinski definition) is 1. The molecule has 1 aromatic carbocycles. The maximum atomic E-state index is 3.92. The van der Waals surface area contributed by atoms with Crippen molar-refractivity contribution in [2.45, 2.75) is 58.5 Å². The van der Waals surface area contributed by atoms with E-state index in [1.165, 1.54) is 37.8 Å². The van der Waals surface area contributed by atoms with Gasteiger partial charge in [0.1, 0.15) is 0 Å². The van der Waals surface area contributed by atoms with Crippen LogP contribution in [0.1, 0.15) is 46.5 Å². The van der Waals surface area contributed by atoms with Gasteiger partial charge in [-0.3, -0.25) is 0 Å². The van der Waals surface area contributed by atoms with Gasteiger partial charge in [0.15, 0.2) is 8.24 Å². The van der Waals surface area contributed by atoms with Crippen molar-refractivity contribution >= 4 is 13.4 Å². The number of nitrogens with one attached hydrogen (secondary N) is 1. The SMILES string of the molecule is CCCC[Si](CCCC)(NCC)c1ccccc1. The molecule has 1 nitrogen and oxygen atoms in total. The van der Waals surface area contributed by atoms with E-state index < -0.39 is 8.24 Å². The summed E-state index contributed by atoms with van der Waals surface area (Å²) in [5.74, 6) is 0. The number of rotatable bonds is 9. The lowest BCUT2D eigenvalue weighted by molar-refractivity contribution is 0.799. The van der Waals surface area contributed by atoms with Crippen LogP contribution in [0.4, 0.5) is 0 Å². The highest BCUT2D eigenvalue weighted by Gasteiger charge is 2.32. The van der Waals surface area contributed by atoms with Crippen LogP contribution in [0.25, 0.3) is 0 Å². The molecule has 0 radical (unpaired) electrons. The molecule has 0 aliphatic carbocycles. The fourth-order valence-corrected chi connectivity index (χ4v) is 7.55. The van der Waals surface area contributed by atoms with Gasteiger partial charge in [0.2, 0.25) is 0 Å². The third-order valence-electron chi connectivity index (χ3n) is 3.76. The van der Waals surface area contributed by atoms with Gasteiger partial charge in [-0.05, 0) is 23.8 Å². The first-order chi connectivity index (χ1) is 8.79. The lowest BCUT2D eigenvalue weighted by atomic mass is 10.4. The molecule has 0 saturated heterocycles. The second kappa shape index (κ2) is 8.49. The van der Waals surface area contributed by atoms with Gasteiger partial charge >= 0.3 is 0 Å². The van der Waals surface area contributed by atoms with Gasteiger partial charge in [-0.15, -0.1) is 0 Å². The predicted octanol–water partition coefficient (Wildman–Crippen LogP) is 4.05. The molecule has 2 heteroatoms. The molecule has 1 rings (SSSR count). The molecular weight excluding hydrogens is 234 g/mol. The molecule has 1 aromatic rings. The summed E-state index contributed by atoms with van der Waals surface area (Å²) in [4.78, 5) is 3.92. The summed E-state index contributed by atoms with van der Waals surface area (Å²) in [7, 11) is -1.46. The van der Waals surface area contributed by atoms with Crippen LogP contribution in [-0.4, -0.2) is 14.8 Å². The van der Waals surface area contributed by atoms with Crippen molar-refractivity contribution in [3.8, 4) is 0 Å². The third-order valence-corrected chi connectivity index (χ3v) is 8.64. The van der Waals surface area contributed by atoms with Crippen LogP contribution in [0.3, 0.4) is 0 Å². The number of hydrogen-bond donors (Lipinski definition) is 1. The van der Waals surface area contributed by atoms with Gasteiger partial charge in [-0.2, -0.15) is 0 Å². The van der Waals surface area contributed by atoms with Crippen molar-refractivity contribution in [1.82, 2.24) is 4.98 Å². The largest absolute Gasteiger partial charge is 0.334 e. The summed E-state index contributed by atoms with van der Waals surface area (Å²) in [5, 5.41) is 1.61. The third kappa shape index (κ3) is 4.25. The van der Waals surface area contributed by atoms with E-state index in [0.717, 1.165) is 6.54 Å². The van der Waals surface area contributed by atoms with Crippen LogP contribution in [0.5, 0.6) is 0 Å². The first kappa shape index (κ1) is 15.5. The number of benzene rings is 1. The second-order valence-corrected chi connectivity index (χ2v) is 9.28. The molecule has 0 amide bonds. The quantitative estimate of drug-likeness (QED) is 0.663. The van der Waals surface area contributed by atoms with Gasteiger partial charge in [0.05, 0.1) is 0 Å². The Morgan fingerprint density at radius 2 is 1.44 bits per heavy atom. The minimum atomic E-state index is -1.46. The second-order valence-electron chi connectivity index (χ2n) is 5.19. The monoisotopic (exact) mass is 263 g/mol. The number of unbranched alkanes of at least 4 members (excludes halogenated alkanes) is 2. The van der Waals surface area contributed by atoms with Gasteiger partial charge in [0, 0.05) is 0 Å². The van der Waals surface area contributed by atoms with Crippen LogP contribution >= 0.6 is 0 Å². The van der Waals surface area contributed by atoms with Crippen LogP contribution in [0.2, 0.25) is 12.1 Å². The fourth-order valence-electron chi connectivity index (χ4n) is 2.75. The van der Waals surface area contributed by atoms with Crippen LogP contribution in [0.15, 0.2) is 30.3 Å². The Bertz CT molecular complexity index is 302. The molecule has 0 bridgehead atoms. The molecule has 1 N–H and O–H groups in total. The van der Waals surface area contributed by atoms with E-state index in [0.29, 0.717) is 0 Å². The Morgan fingerprint density at radius 3 is 1.89 bits per heavy atom. The Balaban J connectivity index is 2.94. The van der Waals surface area contributed by atoms with Crippen molar-refractivity contribution in [2.75, 3.05) is 6.54 Å². The van der Waals surface area contributed by atoms with Gasteiger partial charge < -0.3 is 4.98 Å². The first-order valence-electron chi connectivity index (χ1n) is 7.59. The zero-order valence-electron chi connectivity index (χ0n) is 12.3. The van der Waals surface area contributed by atoms with E-state index >= 15 is 0 Å². The minimum absolute atomic E-state index is 1.11. The summed E-state index contributed by atoms with van der Waals surface area (Å²) in [6.07, 6.45) is 5.33. The van der Waals surface area contributed by atoms with Crippen molar-refractivity contribution in [3.05, 3.63) is 30.3 Å². The van der Waals surface area contributed by atoms with E-state index in [2.05, 4.69) is 56.1 Å². The minimum Gasteiger partial charge on any atom is -0.334 e. The maximum absolute atomic E-state index is 3.92. The standard InChI is InChI=1S/C16H29NSi/c1-4-7-14-18(17-6-3,15-8-5-2)16-12-10-9-11-13-16/h9-13,17H,4-8,14-15H2,1-3H3. The van der Waals surface area contributed by atoms with Crippen LogP contribution < -0.4 is 10.2 Å². The Hall–Kier alpha value is -0.603. The average molecular weight is 264 g/mol. The highest BCUT2D eigenvalue weighted by molar-refractivity contribution is 6.89. The lowest BCUT2D eigenvalue weighted by Crippen LogP contribution is -2.60. The maximum Gasteiger partial charge on any atom is 0.157 e. The van der Waals surface area contributed by atoms with Gasteiger partial charge in [-0.25, -0.2) is 0 Å². The smallest absolute Gasteiger partial charge is 0.157 e. The molecule has 102 valence electrons. The Labute approximate surface area is 114 Å². The van der Waals surface area contributed by atoms with Gasteiger partial charge in [0.25, 0.3) is 0 Å². The van der Waals surface area contributed by atoms with E-state index in [-0.39, 0.29) is 0 Å². The van der Waals surface area contributed by atoms with E-state index in [4.69, 9.17) is 0 Å². The summed E-state index contributed by atoms with van der Waals surface area (Å²) in [6.45, 7) is 7.96. The van der Waals surface area contributed by atoms with E-state index in [1.807, 2.05) is 0 Å². The zero-order valence-corrected chi connectivity index (χ0v) is 13.3. The highest BCUT2D eigenvalue weighted by Crippen LogP contribution is 2.19. The molecule has 0 saturated carbocycles. The molecule has 0 spiro atoms. The highest BCUT2D eigenvalue weighted by atomic mass is 28.3. The Morgan fingerprint density at radius 1 is 0.889 bits per heavy atom. The summed E-state index contributed by atoms with van der Waals surface area (Å²) in [5.41, 5.74) is 0. The summed E-state index contributed by atoms with van der Waals surface area (Å²) < 4.78 is 0. The van der Waals surface area contributed by atoms with Crippen molar-refractivity contribution in [2.24, 2.45) is 0 Å². The summed E-state index contributed by atoms with van der Waals surface area (Å²) in [6, 6.07) is 14.0. The van der Waals surface area contributed by atoms with Crippen molar-refractivity contribution < 1.29 is 0 Å². The summed E-state index contributed by atoms with van der Waals surface area (Å²) >= 11 is 0. The lowest BCUT2D eigenvalue weighted by Gasteiger charge is -2.33. The van der Waals surface area contributed by atoms with Crippen molar-refractivity contribution in [3.63, 3.8) is 0 Å². The van der Waals surface area contributed by atoms with E-state index in [1.54, 1.807) is 5.19 Å².